The van der Waals surface area contributed by atoms with Crippen LogP contribution in [0.2, 0.25) is 0 Å². The number of benzene rings is 2. The Morgan fingerprint density at radius 3 is 1.54 bits per heavy atom. The van der Waals surface area contributed by atoms with Gasteiger partial charge in [-0.05, 0) is 36.1 Å². The van der Waals surface area contributed by atoms with Gasteiger partial charge in [0.2, 0.25) is 0 Å². The molecule has 0 amide bonds. The molecular weight excluding hydrogens is 308 g/mol. The minimum absolute atomic E-state index is 0.0392. The quantitative estimate of drug-likeness (QED) is 0.676. The van der Waals surface area contributed by atoms with Crippen molar-refractivity contribution in [2.24, 2.45) is 0 Å². The van der Waals surface area contributed by atoms with Gasteiger partial charge in [-0.3, -0.25) is 9.59 Å². The third-order valence-corrected chi connectivity index (χ3v) is 3.88. The zero-order valence-electron chi connectivity index (χ0n) is 12.9. The highest BCUT2D eigenvalue weighted by Gasteiger charge is 2.11. The summed E-state index contributed by atoms with van der Waals surface area (Å²) in [4.78, 5) is 30.9. The summed E-state index contributed by atoms with van der Waals surface area (Å²) in [7, 11) is 0. The first-order valence-electron chi connectivity index (χ1n) is 7.65. The van der Waals surface area contributed by atoms with Crippen LogP contribution in [0.1, 0.15) is 24.0 Å². The second-order valence-corrected chi connectivity index (χ2v) is 5.58. The van der Waals surface area contributed by atoms with Gasteiger partial charge in [0.25, 0.3) is 0 Å². The molecule has 0 saturated carbocycles. The monoisotopic (exact) mass is 324 g/mol. The molecule has 24 heavy (non-hydrogen) atoms. The van der Waals surface area contributed by atoms with E-state index < -0.39 is 11.9 Å². The normalized spacial score (nSPS) is 11.0. The van der Waals surface area contributed by atoms with Crippen LogP contribution in [0.15, 0.2) is 36.4 Å². The molecule has 0 aliphatic rings. The van der Waals surface area contributed by atoms with Crippen LogP contribution in [-0.2, 0) is 22.4 Å². The van der Waals surface area contributed by atoms with Crippen molar-refractivity contribution in [2.45, 2.75) is 25.7 Å². The molecule has 6 heteroatoms. The van der Waals surface area contributed by atoms with Crippen molar-refractivity contribution in [3.63, 3.8) is 0 Å². The lowest BCUT2D eigenvalue weighted by Gasteiger charge is -2.08. The SMILES string of the molecule is O=C(O)CCc1cccc2nc3c(CCC(=O)O)cccc3nc12. The first-order valence-corrected chi connectivity index (χ1v) is 7.65. The number of aryl methyl sites for hydroxylation is 2. The molecule has 0 saturated heterocycles. The lowest BCUT2D eigenvalue weighted by Crippen LogP contribution is -2.01. The Balaban J connectivity index is 2.09. The lowest BCUT2D eigenvalue weighted by atomic mass is 10.1. The Kier molecular flexibility index (Phi) is 4.37. The van der Waals surface area contributed by atoms with Crippen molar-refractivity contribution < 1.29 is 19.8 Å². The van der Waals surface area contributed by atoms with Gasteiger partial charge in [0.05, 0.1) is 22.1 Å². The summed E-state index contributed by atoms with van der Waals surface area (Å²) in [5, 5.41) is 17.7. The van der Waals surface area contributed by atoms with Crippen LogP contribution >= 0.6 is 0 Å². The largest absolute Gasteiger partial charge is 0.481 e. The van der Waals surface area contributed by atoms with Gasteiger partial charge in [-0.2, -0.15) is 0 Å². The fourth-order valence-electron chi connectivity index (χ4n) is 2.72. The van der Waals surface area contributed by atoms with E-state index in [4.69, 9.17) is 10.2 Å². The van der Waals surface area contributed by atoms with E-state index in [0.717, 1.165) is 11.1 Å². The van der Waals surface area contributed by atoms with Crippen LogP contribution in [0.3, 0.4) is 0 Å². The van der Waals surface area contributed by atoms with Crippen LogP contribution in [0, 0.1) is 0 Å². The molecule has 3 aromatic rings. The number of para-hydroxylation sites is 2. The molecule has 0 atom stereocenters. The summed E-state index contributed by atoms with van der Waals surface area (Å²) < 4.78 is 0. The number of aromatic nitrogens is 2. The van der Waals surface area contributed by atoms with E-state index in [1.54, 1.807) is 0 Å². The van der Waals surface area contributed by atoms with Crippen molar-refractivity contribution in [1.29, 1.82) is 0 Å². The standard InChI is InChI=1S/C18H16N2O4/c21-15(22)9-7-11-3-1-5-13-17(11)20-14-6-2-4-12(18(14)19-13)8-10-16(23)24/h1-6H,7-10H2,(H,21,22)(H,23,24). The van der Waals surface area contributed by atoms with Gasteiger partial charge in [-0.15, -0.1) is 0 Å². The maximum atomic E-state index is 10.8. The van der Waals surface area contributed by atoms with Gasteiger partial charge < -0.3 is 10.2 Å². The van der Waals surface area contributed by atoms with E-state index >= 15 is 0 Å². The summed E-state index contributed by atoms with van der Waals surface area (Å²) >= 11 is 0. The number of carboxylic acid groups (broad SMARTS) is 2. The minimum atomic E-state index is -0.850. The second kappa shape index (κ2) is 6.62. The van der Waals surface area contributed by atoms with Gasteiger partial charge in [0.15, 0.2) is 0 Å². The molecule has 0 aliphatic heterocycles. The fourth-order valence-corrected chi connectivity index (χ4v) is 2.72. The number of carbonyl (C=O) groups is 2. The Morgan fingerprint density at radius 2 is 1.17 bits per heavy atom. The Bertz CT molecular complexity index is 859. The number of aliphatic carboxylic acids is 2. The first-order chi connectivity index (χ1) is 11.5. The third-order valence-electron chi connectivity index (χ3n) is 3.88. The number of hydrogen-bond acceptors (Lipinski definition) is 4. The summed E-state index contributed by atoms with van der Waals surface area (Å²) in [6.07, 6.45) is 0.867. The van der Waals surface area contributed by atoms with E-state index in [1.165, 1.54) is 0 Å². The maximum Gasteiger partial charge on any atom is 0.303 e. The van der Waals surface area contributed by atoms with Crippen LogP contribution in [0.5, 0.6) is 0 Å². The number of fused-ring (bicyclic) bond motifs is 2. The molecule has 0 aliphatic carbocycles. The summed E-state index contributed by atoms with van der Waals surface area (Å²) in [5.74, 6) is -1.70. The predicted molar refractivity (Wildman–Crippen MR) is 89.0 cm³/mol. The highest BCUT2D eigenvalue weighted by atomic mass is 16.4. The summed E-state index contributed by atoms with van der Waals surface area (Å²) in [6.45, 7) is 0. The molecule has 1 heterocycles. The van der Waals surface area contributed by atoms with Gasteiger partial charge in [-0.1, -0.05) is 24.3 Å². The highest BCUT2D eigenvalue weighted by molar-refractivity contribution is 5.89. The molecule has 0 fully saturated rings. The fraction of sp³-hybridized carbons (Fsp3) is 0.222. The van der Waals surface area contributed by atoms with Crippen LogP contribution in [0.25, 0.3) is 22.1 Å². The maximum absolute atomic E-state index is 10.8. The van der Waals surface area contributed by atoms with Crippen molar-refractivity contribution >= 4 is 34.0 Å². The van der Waals surface area contributed by atoms with Crippen molar-refractivity contribution in [2.75, 3.05) is 0 Å². The Morgan fingerprint density at radius 1 is 0.750 bits per heavy atom. The number of carboxylic acids is 2. The number of nitrogens with zero attached hydrogens (tertiary/aromatic N) is 2. The van der Waals surface area contributed by atoms with E-state index in [-0.39, 0.29) is 12.8 Å². The minimum Gasteiger partial charge on any atom is -0.481 e. The molecule has 0 bridgehead atoms. The van der Waals surface area contributed by atoms with E-state index in [0.29, 0.717) is 34.9 Å². The summed E-state index contributed by atoms with van der Waals surface area (Å²) in [5.41, 5.74) is 4.46. The average Bonchev–Trinajstić information content (AvgIpc) is 2.56. The highest BCUT2D eigenvalue weighted by Crippen LogP contribution is 2.23. The molecule has 0 unspecified atom stereocenters. The third kappa shape index (κ3) is 3.32. The molecule has 2 N–H and O–H groups in total. The Hall–Kier alpha value is -3.02. The predicted octanol–water partition coefficient (Wildman–Crippen LogP) is 2.82. The van der Waals surface area contributed by atoms with Gasteiger partial charge in [0.1, 0.15) is 0 Å². The molecule has 0 spiro atoms. The van der Waals surface area contributed by atoms with Crippen LogP contribution in [-0.4, -0.2) is 32.1 Å². The number of hydrogen-bond donors (Lipinski definition) is 2. The van der Waals surface area contributed by atoms with E-state index in [9.17, 15) is 9.59 Å². The van der Waals surface area contributed by atoms with Gasteiger partial charge in [-0.25, -0.2) is 9.97 Å². The van der Waals surface area contributed by atoms with Crippen molar-refractivity contribution in [1.82, 2.24) is 9.97 Å². The number of rotatable bonds is 6. The van der Waals surface area contributed by atoms with Crippen molar-refractivity contribution in [3.05, 3.63) is 47.5 Å². The average molecular weight is 324 g/mol. The molecule has 6 nitrogen and oxygen atoms in total. The molecule has 2 aromatic carbocycles. The van der Waals surface area contributed by atoms with Gasteiger partial charge in [0, 0.05) is 12.8 Å². The molecule has 0 radical (unpaired) electrons. The molecule has 3 rings (SSSR count). The van der Waals surface area contributed by atoms with E-state index in [2.05, 4.69) is 9.97 Å². The smallest absolute Gasteiger partial charge is 0.303 e. The second-order valence-electron chi connectivity index (χ2n) is 5.58. The van der Waals surface area contributed by atoms with Crippen LogP contribution < -0.4 is 0 Å². The Labute approximate surface area is 137 Å². The lowest BCUT2D eigenvalue weighted by molar-refractivity contribution is -0.138. The first kappa shape index (κ1) is 15.9. The van der Waals surface area contributed by atoms with E-state index in [1.807, 2.05) is 36.4 Å². The van der Waals surface area contributed by atoms with Gasteiger partial charge >= 0.3 is 11.9 Å². The van der Waals surface area contributed by atoms with Crippen molar-refractivity contribution in [3.8, 4) is 0 Å². The molecule has 1 aromatic heterocycles. The molecular formula is C18H16N2O4. The summed E-state index contributed by atoms with van der Waals surface area (Å²) in [6, 6.07) is 11.1. The zero-order chi connectivity index (χ0) is 17.1. The zero-order valence-corrected chi connectivity index (χ0v) is 12.9. The van der Waals surface area contributed by atoms with Crippen LogP contribution in [0.4, 0.5) is 0 Å². The topological polar surface area (TPSA) is 100 Å². The molecule has 122 valence electrons.